The van der Waals surface area contributed by atoms with Gasteiger partial charge in [0.1, 0.15) is 0 Å². The molecule has 1 heterocycles. The van der Waals surface area contributed by atoms with Crippen molar-refractivity contribution in [3.8, 4) is 5.75 Å². The van der Waals surface area contributed by atoms with Gasteiger partial charge >= 0.3 is 5.97 Å². The first-order valence-corrected chi connectivity index (χ1v) is 3.86. The van der Waals surface area contributed by atoms with Gasteiger partial charge in [0.15, 0.2) is 5.75 Å². The Hall–Kier alpha value is -1.38. The highest BCUT2D eigenvalue weighted by Gasteiger charge is 2.03. The molecular formula is C9H11NO2. The van der Waals surface area contributed by atoms with E-state index in [1.807, 2.05) is 0 Å². The zero-order valence-electron chi connectivity index (χ0n) is 7.20. The molecule has 0 amide bonds. The SMILES string of the molecule is CCC(=O)Oc1cccnc1C. The van der Waals surface area contributed by atoms with Crippen LogP contribution in [-0.4, -0.2) is 11.0 Å². The van der Waals surface area contributed by atoms with Crippen LogP contribution in [0.2, 0.25) is 0 Å². The fraction of sp³-hybridized carbons (Fsp3) is 0.333. The van der Waals surface area contributed by atoms with Crippen molar-refractivity contribution in [1.29, 1.82) is 0 Å². The molecule has 0 aromatic carbocycles. The van der Waals surface area contributed by atoms with Crippen LogP contribution in [0.15, 0.2) is 18.3 Å². The molecule has 0 atom stereocenters. The van der Waals surface area contributed by atoms with E-state index in [2.05, 4.69) is 4.98 Å². The average molecular weight is 165 g/mol. The zero-order valence-corrected chi connectivity index (χ0v) is 7.20. The highest BCUT2D eigenvalue weighted by Crippen LogP contribution is 2.13. The van der Waals surface area contributed by atoms with E-state index in [4.69, 9.17) is 4.74 Å². The number of rotatable bonds is 2. The zero-order chi connectivity index (χ0) is 8.97. The van der Waals surface area contributed by atoms with E-state index < -0.39 is 0 Å². The Morgan fingerprint density at radius 3 is 3.00 bits per heavy atom. The lowest BCUT2D eigenvalue weighted by Gasteiger charge is -2.03. The van der Waals surface area contributed by atoms with Crippen molar-refractivity contribution in [3.05, 3.63) is 24.0 Å². The summed E-state index contributed by atoms with van der Waals surface area (Å²) in [5.74, 6) is 0.315. The van der Waals surface area contributed by atoms with Crippen molar-refractivity contribution in [2.45, 2.75) is 20.3 Å². The summed E-state index contributed by atoms with van der Waals surface area (Å²) in [5.41, 5.74) is 0.735. The van der Waals surface area contributed by atoms with Gasteiger partial charge in [-0.3, -0.25) is 9.78 Å². The Kier molecular flexibility index (Phi) is 2.80. The van der Waals surface area contributed by atoms with Crippen molar-refractivity contribution in [2.75, 3.05) is 0 Å². The van der Waals surface area contributed by atoms with Crippen LogP contribution in [0.1, 0.15) is 19.0 Å². The van der Waals surface area contributed by atoms with Crippen molar-refractivity contribution >= 4 is 5.97 Å². The predicted molar refractivity (Wildman–Crippen MR) is 44.9 cm³/mol. The lowest BCUT2D eigenvalue weighted by atomic mass is 10.3. The van der Waals surface area contributed by atoms with E-state index in [0.717, 1.165) is 5.69 Å². The standard InChI is InChI=1S/C9H11NO2/c1-3-9(11)12-8-5-4-6-10-7(8)2/h4-6H,3H2,1-2H3. The fourth-order valence-corrected chi connectivity index (χ4v) is 0.772. The third-order valence-corrected chi connectivity index (χ3v) is 1.47. The van der Waals surface area contributed by atoms with E-state index >= 15 is 0 Å². The van der Waals surface area contributed by atoms with Crippen molar-refractivity contribution in [3.63, 3.8) is 0 Å². The van der Waals surface area contributed by atoms with Crippen LogP contribution < -0.4 is 4.74 Å². The van der Waals surface area contributed by atoms with Gasteiger partial charge < -0.3 is 4.74 Å². The number of aromatic nitrogens is 1. The second kappa shape index (κ2) is 3.85. The number of pyridine rings is 1. The maximum absolute atomic E-state index is 10.9. The molecule has 0 spiro atoms. The quantitative estimate of drug-likeness (QED) is 0.626. The van der Waals surface area contributed by atoms with Crippen LogP contribution >= 0.6 is 0 Å². The molecule has 0 bridgehead atoms. The summed E-state index contributed by atoms with van der Waals surface area (Å²) in [6, 6.07) is 3.47. The minimum Gasteiger partial charge on any atom is -0.425 e. The largest absolute Gasteiger partial charge is 0.425 e. The summed E-state index contributed by atoms with van der Waals surface area (Å²) in [4.78, 5) is 14.9. The van der Waals surface area contributed by atoms with Gasteiger partial charge in [-0.05, 0) is 19.1 Å². The molecule has 0 fully saturated rings. The van der Waals surface area contributed by atoms with Gasteiger partial charge in [-0.25, -0.2) is 0 Å². The summed E-state index contributed by atoms with van der Waals surface area (Å²) >= 11 is 0. The van der Waals surface area contributed by atoms with Crippen molar-refractivity contribution in [1.82, 2.24) is 4.98 Å². The van der Waals surface area contributed by atoms with Gasteiger partial charge in [0.2, 0.25) is 0 Å². The molecule has 0 aliphatic rings. The van der Waals surface area contributed by atoms with Crippen LogP contribution in [-0.2, 0) is 4.79 Å². The molecule has 1 aromatic rings. The lowest BCUT2D eigenvalue weighted by Crippen LogP contribution is -2.06. The summed E-state index contributed by atoms with van der Waals surface area (Å²) in [6.07, 6.45) is 2.05. The molecule has 3 heteroatoms. The second-order valence-corrected chi connectivity index (χ2v) is 2.41. The molecule has 0 N–H and O–H groups in total. The van der Waals surface area contributed by atoms with Gasteiger partial charge in [-0.1, -0.05) is 6.92 Å². The first kappa shape index (κ1) is 8.71. The molecule has 12 heavy (non-hydrogen) atoms. The van der Waals surface area contributed by atoms with Gasteiger partial charge in [0, 0.05) is 12.6 Å². The monoisotopic (exact) mass is 165 g/mol. The summed E-state index contributed by atoms with van der Waals surface area (Å²) in [5, 5.41) is 0. The van der Waals surface area contributed by atoms with Crippen LogP contribution in [0.3, 0.4) is 0 Å². The minimum atomic E-state index is -0.230. The molecule has 0 aliphatic carbocycles. The van der Waals surface area contributed by atoms with E-state index in [0.29, 0.717) is 12.2 Å². The first-order chi connectivity index (χ1) is 5.74. The predicted octanol–water partition coefficient (Wildman–Crippen LogP) is 1.71. The minimum absolute atomic E-state index is 0.230. The van der Waals surface area contributed by atoms with Crippen LogP contribution in [0, 0.1) is 6.92 Å². The molecule has 0 saturated carbocycles. The third kappa shape index (κ3) is 2.05. The molecule has 0 unspecified atom stereocenters. The third-order valence-electron chi connectivity index (χ3n) is 1.47. The average Bonchev–Trinajstić information content (AvgIpc) is 2.09. The summed E-state index contributed by atoms with van der Waals surface area (Å²) < 4.78 is 4.99. The maximum atomic E-state index is 10.9. The number of hydrogen-bond acceptors (Lipinski definition) is 3. The maximum Gasteiger partial charge on any atom is 0.310 e. The Morgan fingerprint density at radius 2 is 2.42 bits per heavy atom. The van der Waals surface area contributed by atoms with Crippen LogP contribution in [0.4, 0.5) is 0 Å². The van der Waals surface area contributed by atoms with E-state index in [9.17, 15) is 4.79 Å². The summed E-state index contributed by atoms with van der Waals surface area (Å²) in [6.45, 7) is 3.56. The highest BCUT2D eigenvalue weighted by molar-refractivity contribution is 5.72. The van der Waals surface area contributed by atoms with Gasteiger partial charge in [0.05, 0.1) is 5.69 Å². The Balaban J connectivity index is 2.75. The highest BCUT2D eigenvalue weighted by atomic mass is 16.5. The molecule has 1 aromatic heterocycles. The number of aryl methyl sites for hydroxylation is 1. The number of carbonyl (C=O) groups excluding carboxylic acids is 1. The van der Waals surface area contributed by atoms with E-state index in [-0.39, 0.29) is 5.97 Å². The van der Waals surface area contributed by atoms with Crippen LogP contribution in [0.5, 0.6) is 5.75 Å². The topological polar surface area (TPSA) is 39.2 Å². The summed E-state index contributed by atoms with van der Waals surface area (Å²) in [7, 11) is 0. The van der Waals surface area contributed by atoms with E-state index in [1.54, 1.807) is 32.2 Å². The molecule has 0 aliphatic heterocycles. The molecule has 1 rings (SSSR count). The van der Waals surface area contributed by atoms with Gasteiger partial charge in [-0.15, -0.1) is 0 Å². The van der Waals surface area contributed by atoms with E-state index in [1.165, 1.54) is 0 Å². The Morgan fingerprint density at radius 1 is 1.67 bits per heavy atom. The van der Waals surface area contributed by atoms with Crippen molar-refractivity contribution in [2.24, 2.45) is 0 Å². The molecule has 3 nitrogen and oxygen atoms in total. The fourth-order valence-electron chi connectivity index (χ4n) is 0.772. The Bertz CT molecular complexity index is 284. The molecular weight excluding hydrogens is 154 g/mol. The molecule has 64 valence electrons. The smallest absolute Gasteiger partial charge is 0.310 e. The normalized spacial score (nSPS) is 9.50. The molecule has 0 saturated heterocycles. The second-order valence-electron chi connectivity index (χ2n) is 2.41. The van der Waals surface area contributed by atoms with Gasteiger partial charge in [-0.2, -0.15) is 0 Å². The van der Waals surface area contributed by atoms with Gasteiger partial charge in [0.25, 0.3) is 0 Å². The number of nitrogens with zero attached hydrogens (tertiary/aromatic N) is 1. The number of ether oxygens (including phenoxy) is 1. The first-order valence-electron chi connectivity index (χ1n) is 3.86. The Labute approximate surface area is 71.4 Å². The lowest BCUT2D eigenvalue weighted by molar-refractivity contribution is -0.134. The van der Waals surface area contributed by atoms with Crippen molar-refractivity contribution < 1.29 is 9.53 Å². The number of carbonyl (C=O) groups is 1. The molecule has 0 radical (unpaired) electrons. The van der Waals surface area contributed by atoms with Crippen LogP contribution in [0.25, 0.3) is 0 Å². The number of esters is 1. The number of hydrogen-bond donors (Lipinski definition) is 0.